The Morgan fingerprint density at radius 1 is 1.09 bits per heavy atom. The zero-order valence-electron chi connectivity index (χ0n) is 24.7. The Labute approximate surface area is 250 Å². The number of carbonyl (C=O) groups is 1. The number of aromatic nitrogens is 6. The van der Waals surface area contributed by atoms with E-state index in [9.17, 15) is 4.79 Å². The van der Waals surface area contributed by atoms with Crippen LogP contribution < -0.4 is 15.4 Å². The first-order valence-electron chi connectivity index (χ1n) is 14.8. The lowest BCUT2D eigenvalue weighted by Crippen LogP contribution is -2.34. The summed E-state index contributed by atoms with van der Waals surface area (Å²) >= 11 is 0. The normalized spacial score (nSPS) is 18.7. The number of benzene rings is 2. The van der Waals surface area contributed by atoms with Gasteiger partial charge in [-0.2, -0.15) is 0 Å². The number of hydrogen-bond donors (Lipinski definition) is 2. The fourth-order valence-corrected chi connectivity index (χ4v) is 5.98. The van der Waals surface area contributed by atoms with Crippen molar-refractivity contribution in [3.63, 3.8) is 0 Å². The van der Waals surface area contributed by atoms with E-state index >= 15 is 0 Å². The van der Waals surface area contributed by atoms with Crippen LogP contribution in [0.5, 0.6) is 11.5 Å². The molecule has 10 heteroatoms. The molecular weight excluding hydrogens is 540 g/mol. The molecule has 1 aliphatic carbocycles. The summed E-state index contributed by atoms with van der Waals surface area (Å²) in [5.41, 5.74) is 6.06. The second-order valence-corrected chi connectivity index (χ2v) is 11.3. The first kappa shape index (κ1) is 28.3. The first-order chi connectivity index (χ1) is 20.9. The fourth-order valence-electron chi connectivity index (χ4n) is 5.98. The molecule has 0 aliphatic heterocycles. The number of nitrogens with one attached hydrogen (secondary N) is 2. The smallest absolute Gasteiger partial charge is 0.243 e. The number of aryl methyl sites for hydroxylation is 2. The molecule has 0 spiro atoms. The molecule has 0 bridgehead atoms. The maximum Gasteiger partial charge on any atom is 0.243 e. The van der Waals surface area contributed by atoms with Crippen molar-refractivity contribution in [2.24, 2.45) is 13.0 Å². The third-order valence-corrected chi connectivity index (χ3v) is 8.39. The van der Waals surface area contributed by atoms with Gasteiger partial charge in [-0.05, 0) is 92.6 Å². The van der Waals surface area contributed by atoms with E-state index in [0.717, 1.165) is 76.9 Å². The van der Waals surface area contributed by atoms with Crippen molar-refractivity contribution in [2.45, 2.75) is 57.9 Å². The second kappa shape index (κ2) is 12.2. The van der Waals surface area contributed by atoms with Crippen LogP contribution in [0.3, 0.4) is 0 Å². The van der Waals surface area contributed by atoms with Crippen LogP contribution in [0.2, 0.25) is 0 Å². The van der Waals surface area contributed by atoms with Crippen molar-refractivity contribution in [2.75, 3.05) is 5.32 Å². The van der Waals surface area contributed by atoms with Crippen LogP contribution in [-0.2, 0) is 11.8 Å². The Kier molecular flexibility index (Phi) is 8.00. The van der Waals surface area contributed by atoms with E-state index in [2.05, 4.69) is 50.5 Å². The molecule has 0 saturated heterocycles. The Morgan fingerprint density at radius 2 is 1.98 bits per heavy atom. The van der Waals surface area contributed by atoms with E-state index in [-0.39, 0.29) is 17.9 Å². The molecule has 3 atom stereocenters. The van der Waals surface area contributed by atoms with Crippen LogP contribution in [0.1, 0.15) is 56.2 Å². The van der Waals surface area contributed by atoms with Crippen LogP contribution in [-0.4, -0.2) is 41.9 Å². The van der Waals surface area contributed by atoms with Gasteiger partial charge in [0.2, 0.25) is 5.91 Å². The van der Waals surface area contributed by atoms with Crippen LogP contribution >= 0.6 is 0 Å². The fraction of sp³-hybridized carbons (Fsp3) is 0.333. The van der Waals surface area contributed by atoms with Crippen LogP contribution in [0.4, 0.5) is 11.5 Å². The lowest BCUT2D eigenvalue weighted by atomic mass is 9.88. The number of pyridine rings is 1. The molecule has 2 N–H and O–H groups in total. The van der Waals surface area contributed by atoms with Crippen molar-refractivity contribution in [3.8, 4) is 11.5 Å². The van der Waals surface area contributed by atoms with Gasteiger partial charge in [0.25, 0.3) is 0 Å². The van der Waals surface area contributed by atoms with E-state index in [1.54, 1.807) is 11.0 Å². The SMILES string of the molecule is C=CC(=O)NC1CCC(CC)CC(c2ccc3ncnc(Nc4ccc(Oc5ccc6c(c5)nnn6C)c(C)c4)c3n2)C1. The summed E-state index contributed by atoms with van der Waals surface area (Å²) in [6.45, 7) is 7.86. The van der Waals surface area contributed by atoms with Crippen LogP contribution in [0, 0.1) is 12.8 Å². The van der Waals surface area contributed by atoms with Gasteiger partial charge in [0.05, 0.1) is 11.0 Å². The van der Waals surface area contributed by atoms with Gasteiger partial charge in [-0.3, -0.25) is 4.79 Å². The molecule has 3 heterocycles. The minimum absolute atomic E-state index is 0.0976. The summed E-state index contributed by atoms with van der Waals surface area (Å²) in [6.07, 6.45) is 7.94. The molecular formula is C33H36N8O2. The topological polar surface area (TPSA) is 120 Å². The number of rotatable bonds is 8. The number of anilines is 2. The van der Waals surface area contributed by atoms with Gasteiger partial charge in [0.1, 0.15) is 28.9 Å². The molecule has 1 amide bonds. The maximum absolute atomic E-state index is 12.1. The molecule has 1 saturated carbocycles. The quantitative estimate of drug-likeness (QED) is 0.159. The van der Waals surface area contributed by atoms with Gasteiger partial charge in [0.15, 0.2) is 5.82 Å². The van der Waals surface area contributed by atoms with Gasteiger partial charge in [-0.15, -0.1) is 5.10 Å². The van der Waals surface area contributed by atoms with E-state index in [1.165, 1.54) is 6.08 Å². The molecule has 3 aromatic heterocycles. The summed E-state index contributed by atoms with van der Waals surface area (Å²) in [6, 6.07) is 15.9. The van der Waals surface area contributed by atoms with Crippen molar-refractivity contribution in [1.82, 2.24) is 35.3 Å². The highest BCUT2D eigenvalue weighted by Crippen LogP contribution is 2.37. The molecule has 2 aromatic carbocycles. The first-order valence-corrected chi connectivity index (χ1v) is 14.8. The minimum atomic E-state index is -0.122. The molecule has 220 valence electrons. The minimum Gasteiger partial charge on any atom is -0.457 e. The second-order valence-electron chi connectivity index (χ2n) is 11.3. The van der Waals surface area contributed by atoms with Crippen molar-refractivity contribution >= 4 is 39.5 Å². The van der Waals surface area contributed by atoms with Gasteiger partial charge in [0, 0.05) is 36.5 Å². The molecule has 0 radical (unpaired) electrons. The summed E-state index contributed by atoms with van der Waals surface area (Å²) in [5.74, 6) is 2.78. The number of hydrogen-bond acceptors (Lipinski definition) is 8. The largest absolute Gasteiger partial charge is 0.457 e. The van der Waals surface area contributed by atoms with Gasteiger partial charge in [-0.25, -0.2) is 19.6 Å². The van der Waals surface area contributed by atoms with Gasteiger partial charge >= 0.3 is 0 Å². The predicted octanol–water partition coefficient (Wildman–Crippen LogP) is 6.51. The Balaban J connectivity index is 1.24. The lowest BCUT2D eigenvalue weighted by molar-refractivity contribution is -0.117. The highest BCUT2D eigenvalue weighted by atomic mass is 16.5. The third-order valence-electron chi connectivity index (χ3n) is 8.39. The predicted molar refractivity (Wildman–Crippen MR) is 167 cm³/mol. The Morgan fingerprint density at radius 3 is 2.79 bits per heavy atom. The van der Waals surface area contributed by atoms with E-state index in [4.69, 9.17) is 9.72 Å². The van der Waals surface area contributed by atoms with Crippen molar-refractivity contribution in [3.05, 3.63) is 78.8 Å². The molecule has 1 fully saturated rings. The zero-order chi connectivity index (χ0) is 29.9. The Hall–Kier alpha value is -4.86. The van der Waals surface area contributed by atoms with Crippen molar-refractivity contribution in [1.29, 1.82) is 0 Å². The highest BCUT2D eigenvalue weighted by Gasteiger charge is 2.28. The molecule has 10 nitrogen and oxygen atoms in total. The maximum atomic E-state index is 12.1. The standard InChI is InChI=1S/C33H36N8O2/c1-5-21-7-8-24(36-31(42)6-2)17-22(16-21)26-11-12-27-32(38-26)33(35-19-34-27)37-23-9-14-30(20(3)15-23)43-25-10-13-29-28(18-25)39-40-41(29)4/h6,9-15,18-19,21-22,24H,2,5,7-8,16-17H2,1,3-4H3,(H,36,42)(H,34,35,37). The third kappa shape index (κ3) is 6.18. The van der Waals surface area contributed by atoms with Crippen LogP contribution in [0.15, 0.2) is 67.5 Å². The van der Waals surface area contributed by atoms with Gasteiger partial charge in [-0.1, -0.05) is 25.1 Å². The van der Waals surface area contributed by atoms with E-state index in [1.807, 2.05) is 56.4 Å². The number of carbonyl (C=O) groups excluding carboxylic acids is 1. The molecule has 1 aliphatic rings. The van der Waals surface area contributed by atoms with Gasteiger partial charge < -0.3 is 15.4 Å². The number of fused-ring (bicyclic) bond motifs is 2. The summed E-state index contributed by atoms with van der Waals surface area (Å²) in [7, 11) is 1.86. The highest BCUT2D eigenvalue weighted by molar-refractivity contribution is 5.87. The zero-order valence-corrected chi connectivity index (χ0v) is 24.7. The molecule has 43 heavy (non-hydrogen) atoms. The summed E-state index contributed by atoms with van der Waals surface area (Å²) < 4.78 is 7.91. The molecule has 3 unspecified atom stereocenters. The molecule has 6 rings (SSSR count). The summed E-state index contributed by atoms with van der Waals surface area (Å²) in [4.78, 5) is 26.2. The monoisotopic (exact) mass is 576 g/mol. The van der Waals surface area contributed by atoms with Crippen LogP contribution in [0.25, 0.3) is 22.1 Å². The van der Waals surface area contributed by atoms with E-state index in [0.29, 0.717) is 17.5 Å². The van der Waals surface area contributed by atoms with E-state index < -0.39 is 0 Å². The number of nitrogens with zero attached hydrogens (tertiary/aromatic N) is 6. The number of amides is 1. The Bertz CT molecular complexity index is 1800. The lowest BCUT2D eigenvalue weighted by Gasteiger charge is -2.21. The average molecular weight is 577 g/mol. The average Bonchev–Trinajstić information content (AvgIpc) is 3.25. The number of ether oxygens (including phenoxy) is 1. The molecule has 5 aromatic rings. The van der Waals surface area contributed by atoms with Crippen molar-refractivity contribution < 1.29 is 9.53 Å². The summed E-state index contributed by atoms with van der Waals surface area (Å²) in [5, 5.41) is 14.8.